The largest absolute Gasteiger partial charge is 0.389 e. The van der Waals surface area contributed by atoms with Crippen LogP contribution in [0.1, 0.15) is 20.3 Å². The van der Waals surface area contributed by atoms with Crippen LogP contribution in [0.3, 0.4) is 0 Å². The van der Waals surface area contributed by atoms with E-state index in [1.165, 1.54) is 0 Å². The van der Waals surface area contributed by atoms with Crippen LogP contribution >= 0.6 is 0 Å². The van der Waals surface area contributed by atoms with Crippen molar-refractivity contribution >= 4 is 0 Å². The minimum absolute atomic E-state index is 0.397. The Balaban J connectivity index is 3.39. The zero-order chi connectivity index (χ0) is 11.7. The summed E-state index contributed by atoms with van der Waals surface area (Å²) in [7, 11) is 4.13. The van der Waals surface area contributed by atoms with Gasteiger partial charge in [-0.25, -0.2) is 0 Å². The Kier molecular flexibility index (Phi) is 9.00. The quantitative estimate of drug-likeness (QED) is 0.585. The molecule has 0 aromatic carbocycles. The number of hydrogen-bond donors (Lipinski definition) is 2. The summed E-state index contributed by atoms with van der Waals surface area (Å²) in [6, 6.07) is 0.434. The van der Waals surface area contributed by atoms with Gasteiger partial charge in [0.2, 0.25) is 0 Å². The Labute approximate surface area is 93.6 Å². The predicted octanol–water partition coefficient (Wildman–Crippen LogP) is 0.314. The van der Waals surface area contributed by atoms with Crippen LogP contribution in [0.4, 0.5) is 0 Å². The molecule has 4 nitrogen and oxygen atoms in total. The van der Waals surface area contributed by atoms with Crippen LogP contribution in [-0.4, -0.2) is 62.6 Å². The van der Waals surface area contributed by atoms with Crippen molar-refractivity contribution in [1.82, 2.24) is 10.2 Å². The molecule has 0 radical (unpaired) electrons. The Hall–Kier alpha value is -0.160. The van der Waals surface area contributed by atoms with E-state index in [1.807, 2.05) is 6.92 Å². The monoisotopic (exact) mass is 218 g/mol. The molecule has 2 N–H and O–H groups in total. The summed E-state index contributed by atoms with van der Waals surface area (Å²) >= 11 is 0. The molecule has 0 aliphatic rings. The Bertz CT molecular complexity index is 143. The van der Waals surface area contributed by atoms with E-state index in [0.717, 1.165) is 13.0 Å². The summed E-state index contributed by atoms with van der Waals surface area (Å²) in [5, 5.41) is 12.8. The van der Waals surface area contributed by atoms with Crippen molar-refractivity contribution in [2.75, 3.05) is 40.4 Å². The first-order chi connectivity index (χ1) is 7.06. The van der Waals surface area contributed by atoms with Gasteiger partial charge in [0.15, 0.2) is 0 Å². The van der Waals surface area contributed by atoms with Crippen molar-refractivity contribution in [1.29, 1.82) is 0 Å². The summed E-state index contributed by atoms with van der Waals surface area (Å²) in [5.41, 5.74) is 0. The fraction of sp³-hybridized carbons (Fsp3) is 1.00. The van der Waals surface area contributed by atoms with E-state index in [1.54, 1.807) is 0 Å². The number of aliphatic hydroxyl groups is 1. The molecule has 0 aromatic heterocycles. The van der Waals surface area contributed by atoms with E-state index in [-0.39, 0.29) is 0 Å². The van der Waals surface area contributed by atoms with Gasteiger partial charge < -0.3 is 20.1 Å². The summed E-state index contributed by atoms with van der Waals surface area (Å²) < 4.78 is 5.13. The SMILES string of the molecule is CCOCC(O)CNC(C)CCN(C)C. The van der Waals surface area contributed by atoms with Crippen molar-refractivity contribution in [2.45, 2.75) is 32.4 Å². The fourth-order valence-electron chi connectivity index (χ4n) is 1.20. The predicted molar refractivity (Wildman–Crippen MR) is 63.1 cm³/mol. The van der Waals surface area contributed by atoms with Gasteiger partial charge in [-0.05, 0) is 40.9 Å². The van der Waals surface area contributed by atoms with Gasteiger partial charge in [0, 0.05) is 19.2 Å². The molecule has 0 spiro atoms. The lowest BCUT2D eigenvalue weighted by molar-refractivity contribution is 0.0414. The van der Waals surface area contributed by atoms with Crippen LogP contribution in [0.5, 0.6) is 0 Å². The maximum absolute atomic E-state index is 9.51. The van der Waals surface area contributed by atoms with Crippen molar-refractivity contribution < 1.29 is 9.84 Å². The normalized spacial score (nSPS) is 15.6. The van der Waals surface area contributed by atoms with Crippen molar-refractivity contribution in [3.8, 4) is 0 Å². The molecule has 4 heteroatoms. The van der Waals surface area contributed by atoms with Gasteiger partial charge in [-0.1, -0.05) is 0 Å². The third kappa shape index (κ3) is 10.1. The van der Waals surface area contributed by atoms with Crippen molar-refractivity contribution in [3.05, 3.63) is 0 Å². The highest BCUT2D eigenvalue weighted by Gasteiger charge is 2.06. The van der Waals surface area contributed by atoms with Gasteiger partial charge >= 0.3 is 0 Å². The second-order valence-electron chi connectivity index (χ2n) is 4.21. The van der Waals surface area contributed by atoms with Gasteiger partial charge in [0.25, 0.3) is 0 Å². The third-order valence-corrected chi connectivity index (χ3v) is 2.23. The average molecular weight is 218 g/mol. The molecule has 0 heterocycles. The van der Waals surface area contributed by atoms with Crippen molar-refractivity contribution in [3.63, 3.8) is 0 Å². The minimum Gasteiger partial charge on any atom is -0.389 e. The number of rotatable bonds is 9. The first kappa shape index (κ1) is 14.8. The lowest BCUT2D eigenvalue weighted by Gasteiger charge is -2.18. The van der Waals surface area contributed by atoms with E-state index >= 15 is 0 Å². The van der Waals surface area contributed by atoms with E-state index in [2.05, 4.69) is 31.2 Å². The van der Waals surface area contributed by atoms with Crippen LogP contribution in [0.15, 0.2) is 0 Å². The molecular weight excluding hydrogens is 192 g/mol. The highest BCUT2D eigenvalue weighted by molar-refractivity contribution is 4.66. The van der Waals surface area contributed by atoms with E-state index in [4.69, 9.17) is 4.74 Å². The lowest BCUT2D eigenvalue weighted by Crippen LogP contribution is -2.37. The second kappa shape index (κ2) is 9.09. The number of hydrogen-bond acceptors (Lipinski definition) is 4. The molecule has 2 unspecified atom stereocenters. The molecule has 15 heavy (non-hydrogen) atoms. The summed E-state index contributed by atoms with van der Waals surface area (Å²) in [6.45, 7) is 6.82. The van der Waals surface area contributed by atoms with Gasteiger partial charge in [0.05, 0.1) is 12.7 Å². The fourth-order valence-corrected chi connectivity index (χ4v) is 1.20. The smallest absolute Gasteiger partial charge is 0.0897 e. The van der Waals surface area contributed by atoms with Crippen LogP contribution in [-0.2, 0) is 4.74 Å². The molecule has 0 amide bonds. The van der Waals surface area contributed by atoms with Crippen LogP contribution in [0, 0.1) is 0 Å². The molecule has 0 rings (SSSR count). The zero-order valence-electron chi connectivity index (χ0n) is 10.5. The van der Waals surface area contributed by atoms with Gasteiger partial charge in [-0.15, -0.1) is 0 Å². The Morgan fingerprint density at radius 2 is 2.07 bits per heavy atom. The molecule has 0 saturated heterocycles. The van der Waals surface area contributed by atoms with Gasteiger partial charge in [-0.2, -0.15) is 0 Å². The lowest BCUT2D eigenvalue weighted by atomic mass is 10.2. The standard InChI is InChI=1S/C11H26N2O2/c1-5-15-9-11(14)8-12-10(2)6-7-13(3)4/h10-12,14H,5-9H2,1-4H3. The summed E-state index contributed by atoms with van der Waals surface area (Å²) in [4.78, 5) is 2.16. The first-order valence-electron chi connectivity index (χ1n) is 5.70. The third-order valence-electron chi connectivity index (χ3n) is 2.23. The van der Waals surface area contributed by atoms with Crippen LogP contribution in [0.25, 0.3) is 0 Å². The second-order valence-corrected chi connectivity index (χ2v) is 4.21. The van der Waals surface area contributed by atoms with Gasteiger partial charge in [0.1, 0.15) is 0 Å². The molecule has 0 saturated carbocycles. The van der Waals surface area contributed by atoms with Crippen LogP contribution < -0.4 is 5.32 Å². The number of ether oxygens (including phenoxy) is 1. The van der Waals surface area contributed by atoms with Crippen LogP contribution in [0.2, 0.25) is 0 Å². The van der Waals surface area contributed by atoms with Crippen molar-refractivity contribution in [2.24, 2.45) is 0 Å². The Morgan fingerprint density at radius 3 is 2.60 bits per heavy atom. The number of aliphatic hydroxyl groups excluding tert-OH is 1. The molecule has 0 aromatic rings. The summed E-state index contributed by atoms with van der Waals surface area (Å²) in [5.74, 6) is 0. The molecule has 0 aliphatic carbocycles. The summed E-state index contributed by atoms with van der Waals surface area (Å²) in [6.07, 6.45) is 0.695. The van der Waals surface area contributed by atoms with E-state index in [0.29, 0.717) is 25.8 Å². The average Bonchev–Trinajstić information content (AvgIpc) is 2.20. The molecule has 2 atom stereocenters. The van der Waals surface area contributed by atoms with E-state index < -0.39 is 6.10 Å². The van der Waals surface area contributed by atoms with Gasteiger partial charge in [-0.3, -0.25) is 0 Å². The molecule has 0 bridgehead atoms. The number of nitrogens with zero attached hydrogens (tertiary/aromatic N) is 1. The molecular formula is C11H26N2O2. The minimum atomic E-state index is -0.397. The molecule has 0 aliphatic heterocycles. The maximum Gasteiger partial charge on any atom is 0.0897 e. The first-order valence-corrected chi connectivity index (χ1v) is 5.70. The Morgan fingerprint density at radius 1 is 1.40 bits per heavy atom. The topological polar surface area (TPSA) is 44.7 Å². The zero-order valence-corrected chi connectivity index (χ0v) is 10.5. The molecule has 92 valence electrons. The number of nitrogens with one attached hydrogen (secondary N) is 1. The van der Waals surface area contributed by atoms with E-state index in [9.17, 15) is 5.11 Å². The maximum atomic E-state index is 9.51. The molecule has 0 fully saturated rings. The highest BCUT2D eigenvalue weighted by atomic mass is 16.5. The highest BCUT2D eigenvalue weighted by Crippen LogP contribution is 1.93.